The Hall–Kier alpha value is -1.17. The third-order valence-corrected chi connectivity index (χ3v) is 1.87. The molecule has 1 N–H and O–H groups in total. The lowest BCUT2D eigenvalue weighted by Crippen LogP contribution is -2.47. The van der Waals surface area contributed by atoms with Crippen LogP contribution in [0.1, 0.15) is 5.56 Å². The first-order valence-corrected chi connectivity index (χ1v) is 3.93. The molecule has 6 heteroatoms. The van der Waals surface area contributed by atoms with Gasteiger partial charge in [-0.15, -0.1) is 0 Å². The summed E-state index contributed by atoms with van der Waals surface area (Å²) in [5, 5.41) is 8.79. The topological polar surface area (TPSA) is 20.2 Å². The second-order valence-corrected chi connectivity index (χ2v) is 2.91. The first-order valence-electron chi connectivity index (χ1n) is 3.93. The Morgan fingerprint density at radius 3 is 1.87 bits per heavy atom. The van der Waals surface area contributed by atoms with Crippen molar-refractivity contribution in [3.8, 4) is 0 Å². The normalized spacial score (nSPS) is 16.5. The van der Waals surface area contributed by atoms with Crippen molar-refractivity contribution in [2.75, 3.05) is 0 Å². The molecule has 0 aliphatic carbocycles. The Labute approximate surface area is 82.1 Å². The lowest BCUT2D eigenvalue weighted by atomic mass is 10.0. The van der Waals surface area contributed by atoms with Crippen LogP contribution in [0.25, 0.3) is 0 Å². The molecule has 0 bridgehead atoms. The highest BCUT2D eigenvalue weighted by Crippen LogP contribution is 2.42. The van der Waals surface area contributed by atoms with Crippen LogP contribution in [-0.2, 0) is 5.85 Å². The van der Waals surface area contributed by atoms with Crippen LogP contribution < -0.4 is 0 Å². The lowest BCUT2D eigenvalue weighted by Gasteiger charge is -2.27. The second-order valence-electron chi connectivity index (χ2n) is 2.91. The maximum Gasteiger partial charge on any atom is 0.368 e. The van der Waals surface area contributed by atoms with Crippen molar-refractivity contribution in [1.82, 2.24) is 0 Å². The van der Waals surface area contributed by atoms with Gasteiger partial charge < -0.3 is 5.11 Å². The fraction of sp³-hybridized carbons (Fsp3) is 0.333. The average molecular weight is 226 g/mol. The van der Waals surface area contributed by atoms with Gasteiger partial charge in [-0.2, -0.15) is 13.2 Å². The molecule has 0 fully saturated rings. The number of hydrogen-bond acceptors (Lipinski definition) is 1. The van der Waals surface area contributed by atoms with Crippen LogP contribution in [0.4, 0.5) is 22.0 Å². The smallest absolute Gasteiger partial charge is 0.353 e. The molecule has 0 spiro atoms. The molecule has 0 heterocycles. The van der Waals surface area contributed by atoms with Gasteiger partial charge >= 0.3 is 18.2 Å². The fourth-order valence-corrected chi connectivity index (χ4v) is 0.996. The molecule has 0 saturated heterocycles. The van der Waals surface area contributed by atoms with Gasteiger partial charge in [0, 0.05) is 5.56 Å². The summed E-state index contributed by atoms with van der Waals surface area (Å²) in [6, 6.07) is 5.29. The summed E-state index contributed by atoms with van der Waals surface area (Å²) in [5.74, 6) is -9.52. The predicted octanol–water partition coefficient (Wildman–Crippen LogP) is 2.70. The van der Waals surface area contributed by atoms with Gasteiger partial charge in [-0.1, -0.05) is 30.3 Å². The summed E-state index contributed by atoms with van der Waals surface area (Å²) in [5.41, 5.74) is -0.907. The SMILES string of the molecule is OC(F)(c1ccccc1)C(F)(F)C(F)F. The monoisotopic (exact) mass is 226 g/mol. The highest BCUT2D eigenvalue weighted by atomic mass is 19.3. The van der Waals surface area contributed by atoms with E-state index >= 15 is 0 Å². The molecule has 1 atom stereocenters. The summed E-state index contributed by atoms with van der Waals surface area (Å²) in [6.07, 6.45) is -4.28. The molecule has 1 rings (SSSR count). The van der Waals surface area contributed by atoms with E-state index in [0.29, 0.717) is 0 Å². The molecular weight excluding hydrogens is 219 g/mol. The van der Waals surface area contributed by atoms with Crippen molar-refractivity contribution >= 4 is 0 Å². The minimum atomic E-state index is -5.14. The molecule has 0 aliphatic rings. The minimum Gasteiger partial charge on any atom is -0.353 e. The van der Waals surface area contributed by atoms with E-state index in [1.807, 2.05) is 0 Å². The number of benzene rings is 1. The third kappa shape index (κ3) is 1.94. The largest absolute Gasteiger partial charge is 0.368 e. The van der Waals surface area contributed by atoms with Gasteiger partial charge in [0.05, 0.1) is 0 Å². The number of alkyl halides is 5. The van der Waals surface area contributed by atoms with Crippen LogP contribution in [0.15, 0.2) is 30.3 Å². The highest BCUT2D eigenvalue weighted by molar-refractivity contribution is 5.22. The molecule has 1 nitrogen and oxygen atoms in total. The van der Waals surface area contributed by atoms with Crippen molar-refractivity contribution in [3.63, 3.8) is 0 Å². The zero-order valence-corrected chi connectivity index (χ0v) is 7.30. The summed E-state index contributed by atoms with van der Waals surface area (Å²) >= 11 is 0. The Bertz CT molecular complexity index is 323. The van der Waals surface area contributed by atoms with Crippen molar-refractivity contribution in [2.24, 2.45) is 0 Å². The molecule has 0 aliphatic heterocycles. The highest BCUT2D eigenvalue weighted by Gasteiger charge is 2.61. The van der Waals surface area contributed by atoms with Crippen LogP contribution in [0.3, 0.4) is 0 Å². The predicted molar refractivity (Wildman–Crippen MR) is 42.4 cm³/mol. The summed E-state index contributed by atoms with van der Waals surface area (Å²) < 4.78 is 62.1. The van der Waals surface area contributed by atoms with E-state index in [-0.39, 0.29) is 0 Å². The number of aliphatic hydroxyl groups is 1. The van der Waals surface area contributed by atoms with E-state index in [4.69, 9.17) is 5.11 Å². The molecular formula is C9H7F5O. The Balaban J connectivity index is 3.13. The van der Waals surface area contributed by atoms with E-state index < -0.39 is 23.8 Å². The zero-order valence-electron chi connectivity index (χ0n) is 7.30. The molecule has 84 valence electrons. The number of rotatable bonds is 3. The number of halogens is 5. The minimum absolute atomic E-state index is 0.802. The maximum absolute atomic E-state index is 13.2. The van der Waals surface area contributed by atoms with Crippen molar-refractivity contribution in [1.29, 1.82) is 0 Å². The molecule has 1 aromatic carbocycles. The van der Waals surface area contributed by atoms with Gasteiger partial charge in [0.2, 0.25) is 0 Å². The standard InChI is InChI=1S/C9H7F5O/c10-7(11)8(12,13)9(14,15)6-4-2-1-3-5-6/h1-5,7,15H. The lowest BCUT2D eigenvalue weighted by molar-refractivity contribution is -0.304. The molecule has 15 heavy (non-hydrogen) atoms. The average Bonchev–Trinajstić information content (AvgIpc) is 2.18. The first-order chi connectivity index (χ1) is 6.80. The second kappa shape index (κ2) is 3.77. The van der Waals surface area contributed by atoms with E-state index in [2.05, 4.69) is 0 Å². The third-order valence-electron chi connectivity index (χ3n) is 1.87. The van der Waals surface area contributed by atoms with Crippen LogP contribution in [-0.4, -0.2) is 17.5 Å². The van der Waals surface area contributed by atoms with Gasteiger partial charge in [0.1, 0.15) is 0 Å². The van der Waals surface area contributed by atoms with Crippen LogP contribution in [0, 0.1) is 0 Å². The number of hydrogen-bond donors (Lipinski definition) is 1. The van der Waals surface area contributed by atoms with E-state index in [1.54, 1.807) is 0 Å². The van der Waals surface area contributed by atoms with Crippen molar-refractivity contribution in [2.45, 2.75) is 18.2 Å². The molecule has 1 unspecified atom stereocenters. The summed E-state index contributed by atoms with van der Waals surface area (Å²) in [4.78, 5) is 0. The Morgan fingerprint density at radius 2 is 1.47 bits per heavy atom. The molecule has 0 radical (unpaired) electrons. The molecule has 1 aromatic rings. The van der Waals surface area contributed by atoms with Gasteiger partial charge in [-0.3, -0.25) is 0 Å². The van der Waals surface area contributed by atoms with E-state index in [9.17, 15) is 22.0 Å². The van der Waals surface area contributed by atoms with Gasteiger partial charge in [-0.05, 0) is 0 Å². The summed E-state index contributed by atoms with van der Waals surface area (Å²) in [7, 11) is 0. The molecule has 0 amide bonds. The van der Waals surface area contributed by atoms with Gasteiger partial charge in [-0.25, -0.2) is 8.78 Å². The van der Waals surface area contributed by atoms with Crippen LogP contribution in [0.2, 0.25) is 0 Å². The van der Waals surface area contributed by atoms with E-state index in [0.717, 1.165) is 24.3 Å². The van der Waals surface area contributed by atoms with Gasteiger partial charge in [0.15, 0.2) is 0 Å². The van der Waals surface area contributed by atoms with Crippen LogP contribution in [0.5, 0.6) is 0 Å². The zero-order chi connectivity index (χ0) is 11.7. The Morgan fingerprint density at radius 1 is 1.00 bits per heavy atom. The van der Waals surface area contributed by atoms with Crippen molar-refractivity contribution < 1.29 is 27.1 Å². The van der Waals surface area contributed by atoms with E-state index in [1.165, 1.54) is 6.07 Å². The first kappa shape index (κ1) is 11.9. The fourth-order valence-electron chi connectivity index (χ4n) is 0.996. The van der Waals surface area contributed by atoms with Crippen molar-refractivity contribution in [3.05, 3.63) is 35.9 Å². The Kier molecular flexibility index (Phi) is 2.99. The molecule has 0 aromatic heterocycles. The quantitative estimate of drug-likeness (QED) is 0.785. The van der Waals surface area contributed by atoms with Gasteiger partial charge in [0.25, 0.3) is 0 Å². The maximum atomic E-state index is 13.2. The molecule has 0 saturated carbocycles. The summed E-state index contributed by atoms with van der Waals surface area (Å²) in [6.45, 7) is 0. The van der Waals surface area contributed by atoms with Crippen LogP contribution >= 0.6 is 0 Å².